The zero-order chi connectivity index (χ0) is 12.3. The SMILES string of the molecule is O=C(Cc1cc(Br)ccc1F)C1CCCCO1. The van der Waals surface area contributed by atoms with Crippen LogP contribution in [0.1, 0.15) is 24.8 Å². The molecule has 1 atom stereocenters. The lowest BCUT2D eigenvalue weighted by Crippen LogP contribution is -2.29. The quantitative estimate of drug-likeness (QED) is 0.856. The average Bonchev–Trinajstić information content (AvgIpc) is 2.35. The molecule has 0 spiro atoms. The number of hydrogen-bond acceptors (Lipinski definition) is 2. The van der Waals surface area contributed by atoms with Crippen LogP contribution in [0.4, 0.5) is 4.39 Å². The van der Waals surface area contributed by atoms with E-state index in [0.717, 1.165) is 23.7 Å². The molecule has 92 valence electrons. The van der Waals surface area contributed by atoms with Gasteiger partial charge in [-0.3, -0.25) is 4.79 Å². The molecule has 2 nitrogen and oxygen atoms in total. The van der Waals surface area contributed by atoms with E-state index in [9.17, 15) is 9.18 Å². The minimum atomic E-state index is -0.345. The van der Waals surface area contributed by atoms with E-state index < -0.39 is 0 Å². The molecule has 1 fully saturated rings. The van der Waals surface area contributed by atoms with Crippen LogP contribution in [0.5, 0.6) is 0 Å². The van der Waals surface area contributed by atoms with Crippen LogP contribution in [0.2, 0.25) is 0 Å². The second-order valence-electron chi connectivity index (χ2n) is 4.23. The maximum absolute atomic E-state index is 13.5. The number of Topliss-reactive ketones (excluding diaryl/α,β-unsaturated/α-hetero) is 1. The smallest absolute Gasteiger partial charge is 0.166 e. The van der Waals surface area contributed by atoms with E-state index in [-0.39, 0.29) is 24.1 Å². The van der Waals surface area contributed by atoms with Gasteiger partial charge in [0.05, 0.1) is 0 Å². The third kappa shape index (κ3) is 3.36. The maximum Gasteiger partial charge on any atom is 0.166 e. The lowest BCUT2D eigenvalue weighted by molar-refractivity contribution is -0.132. The van der Waals surface area contributed by atoms with Crippen LogP contribution in [-0.2, 0) is 16.0 Å². The van der Waals surface area contributed by atoms with Crippen LogP contribution in [-0.4, -0.2) is 18.5 Å². The van der Waals surface area contributed by atoms with E-state index in [0.29, 0.717) is 12.2 Å². The van der Waals surface area contributed by atoms with E-state index in [1.54, 1.807) is 12.1 Å². The Labute approximate surface area is 108 Å². The fraction of sp³-hybridized carbons (Fsp3) is 0.462. The summed E-state index contributed by atoms with van der Waals surface area (Å²) in [4.78, 5) is 11.9. The highest BCUT2D eigenvalue weighted by atomic mass is 79.9. The zero-order valence-corrected chi connectivity index (χ0v) is 11.0. The van der Waals surface area contributed by atoms with Gasteiger partial charge in [0.15, 0.2) is 5.78 Å². The number of rotatable bonds is 3. The second kappa shape index (κ2) is 5.74. The largest absolute Gasteiger partial charge is 0.370 e. The highest BCUT2D eigenvalue weighted by Crippen LogP contribution is 2.19. The standard InChI is InChI=1S/C13H14BrFO2/c14-10-4-5-11(15)9(7-10)8-12(16)13-3-1-2-6-17-13/h4-5,7,13H,1-3,6,8H2. The van der Waals surface area contributed by atoms with Crippen molar-refractivity contribution in [2.45, 2.75) is 31.8 Å². The Hall–Kier alpha value is -0.740. The van der Waals surface area contributed by atoms with Crippen molar-refractivity contribution in [3.05, 3.63) is 34.1 Å². The van der Waals surface area contributed by atoms with Crippen molar-refractivity contribution in [1.29, 1.82) is 0 Å². The number of hydrogen-bond donors (Lipinski definition) is 0. The monoisotopic (exact) mass is 300 g/mol. The lowest BCUT2D eigenvalue weighted by atomic mass is 10.00. The summed E-state index contributed by atoms with van der Waals surface area (Å²) in [5, 5.41) is 0. The number of ketones is 1. The molecule has 0 saturated carbocycles. The minimum absolute atomic E-state index is 0.0262. The first kappa shape index (κ1) is 12.7. The predicted octanol–water partition coefficient (Wildman–Crippen LogP) is 3.27. The number of carbonyl (C=O) groups excluding carboxylic acids is 1. The Bertz CT molecular complexity index is 414. The Morgan fingerprint density at radius 3 is 3.00 bits per heavy atom. The number of carbonyl (C=O) groups is 1. The van der Waals surface area contributed by atoms with E-state index in [2.05, 4.69) is 15.9 Å². The van der Waals surface area contributed by atoms with Crippen LogP contribution in [0.15, 0.2) is 22.7 Å². The van der Waals surface area contributed by atoms with Gasteiger partial charge in [-0.1, -0.05) is 15.9 Å². The summed E-state index contributed by atoms with van der Waals surface area (Å²) in [6.07, 6.45) is 2.54. The summed E-state index contributed by atoms with van der Waals surface area (Å²) in [5.74, 6) is -0.362. The molecule has 1 aliphatic heterocycles. The van der Waals surface area contributed by atoms with Gasteiger partial charge in [0.2, 0.25) is 0 Å². The van der Waals surface area contributed by atoms with Crippen molar-refractivity contribution < 1.29 is 13.9 Å². The molecule has 1 aromatic rings. The Balaban J connectivity index is 2.04. The molecule has 1 aliphatic rings. The molecule has 1 saturated heterocycles. The average molecular weight is 301 g/mol. The van der Waals surface area contributed by atoms with Crippen LogP contribution < -0.4 is 0 Å². The van der Waals surface area contributed by atoms with Crippen molar-refractivity contribution in [2.75, 3.05) is 6.61 Å². The van der Waals surface area contributed by atoms with Gasteiger partial charge in [0.1, 0.15) is 11.9 Å². The summed E-state index contributed by atoms with van der Waals surface area (Å²) < 4.78 is 19.7. The fourth-order valence-corrected chi connectivity index (χ4v) is 2.38. The Morgan fingerprint density at radius 1 is 1.47 bits per heavy atom. The topological polar surface area (TPSA) is 26.3 Å². The van der Waals surface area contributed by atoms with Gasteiger partial charge in [-0.25, -0.2) is 4.39 Å². The highest BCUT2D eigenvalue weighted by Gasteiger charge is 2.22. The van der Waals surface area contributed by atoms with Crippen LogP contribution in [0.3, 0.4) is 0 Å². The van der Waals surface area contributed by atoms with Crippen molar-refractivity contribution in [2.24, 2.45) is 0 Å². The van der Waals surface area contributed by atoms with E-state index >= 15 is 0 Å². The Kier molecular flexibility index (Phi) is 4.29. The van der Waals surface area contributed by atoms with Crippen LogP contribution in [0, 0.1) is 5.82 Å². The van der Waals surface area contributed by atoms with Crippen molar-refractivity contribution in [3.63, 3.8) is 0 Å². The van der Waals surface area contributed by atoms with Crippen molar-refractivity contribution >= 4 is 21.7 Å². The minimum Gasteiger partial charge on any atom is -0.370 e. The van der Waals surface area contributed by atoms with Gasteiger partial charge in [-0.05, 0) is 43.0 Å². The molecule has 2 rings (SSSR count). The summed E-state index contributed by atoms with van der Waals surface area (Å²) in [6, 6.07) is 4.64. The first-order chi connectivity index (χ1) is 8.16. The van der Waals surface area contributed by atoms with Gasteiger partial charge < -0.3 is 4.74 Å². The molecule has 0 aromatic heterocycles. The summed E-state index contributed by atoms with van der Waals surface area (Å²) in [7, 11) is 0. The zero-order valence-electron chi connectivity index (χ0n) is 9.42. The molecular weight excluding hydrogens is 287 g/mol. The molecule has 0 bridgehead atoms. The van der Waals surface area contributed by atoms with Gasteiger partial charge in [-0.2, -0.15) is 0 Å². The lowest BCUT2D eigenvalue weighted by Gasteiger charge is -2.21. The predicted molar refractivity (Wildman–Crippen MR) is 66.4 cm³/mol. The maximum atomic E-state index is 13.5. The molecule has 0 aliphatic carbocycles. The van der Waals surface area contributed by atoms with E-state index in [1.807, 2.05) is 0 Å². The summed E-state index contributed by atoms with van der Waals surface area (Å²) in [5.41, 5.74) is 0.429. The van der Waals surface area contributed by atoms with E-state index in [4.69, 9.17) is 4.74 Å². The molecule has 0 amide bonds. The van der Waals surface area contributed by atoms with Gasteiger partial charge >= 0.3 is 0 Å². The Morgan fingerprint density at radius 2 is 2.29 bits per heavy atom. The van der Waals surface area contributed by atoms with Crippen molar-refractivity contribution in [1.82, 2.24) is 0 Å². The normalized spacial score (nSPS) is 20.2. The first-order valence-electron chi connectivity index (χ1n) is 5.75. The molecule has 4 heteroatoms. The fourth-order valence-electron chi connectivity index (χ4n) is 1.97. The number of ether oxygens (including phenoxy) is 1. The molecular formula is C13H14BrFO2. The van der Waals surface area contributed by atoms with Crippen LogP contribution >= 0.6 is 15.9 Å². The van der Waals surface area contributed by atoms with Crippen molar-refractivity contribution in [3.8, 4) is 0 Å². The van der Waals surface area contributed by atoms with Crippen LogP contribution in [0.25, 0.3) is 0 Å². The molecule has 0 N–H and O–H groups in total. The van der Waals surface area contributed by atoms with Gasteiger partial charge in [0.25, 0.3) is 0 Å². The molecule has 0 radical (unpaired) electrons. The highest BCUT2D eigenvalue weighted by molar-refractivity contribution is 9.10. The number of benzene rings is 1. The third-order valence-corrected chi connectivity index (χ3v) is 3.40. The second-order valence-corrected chi connectivity index (χ2v) is 5.15. The molecule has 1 heterocycles. The molecule has 1 aromatic carbocycles. The molecule has 1 unspecified atom stereocenters. The van der Waals surface area contributed by atoms with E-state index in [1.165, 1.54) is 6.07 Å². The summed E-state index contributed by atoms with van der Waals surface area (Å²) >= 11 is 3.27. The number of halogens is 2. The molecule has 17 heavy (non-hydrogen) atoms. The summed E-state index contributed by atoms with van der Waals surface area (Å²) in [6.45, 7) is 0.636. The van der Waals surface area contributed by atoms with Gasteiger partial charge in [-0.15, -0.1) is 0 Å². The van der Waals surface area contributed by atoms with Gasteiger partial charge in [0, 0.05) is 17.5 Å². The first-order valence-corrected chi connectivity index (χ1v) is 6.54. The third-order valence-electron chi connectivity index (χ3n) is 2.91.